The maximum atomic E-state index is 7.72. The molecule has 0 rings (SSSR count). The molecule has 0 heterocycles. The molecule has 0 aromatic rings. The molecule has 1 nitrogen and oxygen atoms in total. The molecular formula is AgClNaO. The van der Waals surface area contributed by atoms with E-state index in [1.165, 1.54) is 0 Å². The zero-order valence-electron chi connectivity index (χ0n) is 2.09. The van der Waals surface area contributed by atoms with Crippen molar-refractivity contribution >= 4 is 11.9 Å². The molecule has 0 bridgehead atoms. The standard InChI is InChI=1S/Ag.ClO.Na/c;1-2;/q;-1;+1. The van der Waals surface area contributed by atoms with Crippen molar-refractivity contribution in [1.29, 1.82) is 0 Å². The van der Waals surface area contributed by atoms with Crippen LogP contribution in [0.1, 0.15) is 0 Å². The zero-order valence-corrected chi connectivity index (χ0v) is 6.33. The summed E-state index contributed by atoms with van der Waals surface area (Å²) < 4.78 is 7.72. The predicted octanol–water partition coefficient (Wildman–Crippen LogP) is -3.50. The van der Waals surface area contributed by atoms with E-state index in [1.54, 1.807) is 0 Å². The molecule has 0 N–H and O–H groups in total. The minimum atomic E-state index is 0. The average molecular weight is 182 g/mol. The Hall–Kier alpha value is 1.99. The topological polar surface area (TPSA) is 23.1 Å². The third kappa shape index (κ3) is 9.01. The number of rotatable bonds is 0. The van der Waals surface area contributed by atoms with E-state index in [4.69, 9.17) is 4.66 Å². The number of hydrogen-bond donors (Lipinski definition) is 0. The molecule has 0 aromatic heterocycles. The van der Waals surface area contributed by atoms with Gasteiger partial charge < -0.3 is 4.66 Å². The Morgan fingerprint density at radius 1 is 1.25 bits per heavy atom. The van der Waals surface area contributed by atoms with E-state index in [0.29, 0.717) is 0 Å². The van der Waals surface area contributed by atoms with Gasteiger partial charge >= 0.3 is 29.6 Å². The van der Waals surface area contributed by atoms with Gasteiger partial charge in [0.15, 0.2) is 0 Å². The van der Waals surface area contributed by atoms with Gasteiger partial charge in [-0.1, -0.05) is 0 Å². The van der Waals surface area contributed by atoms with Gasteiger partial charge in [-0.3, -0.25) is 0 Å². The Bertz CT molecular complexity index is 8.00. The van der Waals surface area contributed by atoms with Gasteiger partial charge in [0.1, 0.15) is 0 Å². The molecule has 1 radical (unpaired) electrons. The third-order valence-corrected chi connectivity index (χ3v) is 0. The van der Waals surface area contributed by atoms with Gasteiger partial charge in [-0.25, -0.2) is 11.9 Å². The second-order valence-corrected chi connectivity index (χ2v) is 0. The quantitative estimate of drug-likeness (QED) is 0.357. The number of hydrogen-bond acceptors (Lipinski definition) is 1. The molecule has 4 heteroatoms. The fraction of sp³-hybridized carbons (Fsp3) is 0. The second-order valence-electron chi connectivity index (χ2n) is 0. The van der Waals surface area contributed by atoms with E-state index in [1.807, 2.05) is 0 Å². The molecule has 0 saturated carbocycles. The van der Waals surface area contributed by atoms with Gasteiger partial charge in [0.05, 0.1) is 0 Å². The van der Waals surface area contributed by atoms with Crippen molar-refractivity contribution in [3.63, 3.8) is 0 Å². The SMILES string of the molecule is [Ag].[Na+].[O-]Cl. The Labute approximate surface area is 67.7 Å². The minimum absolute atomic E-state index is 0. The van der Waals surface area contributed by atoms with E-state index >= 15 is 0 Å². The van der Waals surface area contributed by atoms with Crippen molar-refractivity contribution in [3.05, 3.63) is 0 Å². The van der Waals surface area contributed by atoms with Crippen LogP contribution in [0.5, 0.6) is 0 Å². The Balaban J connectivity index is -0.00000000500. The Morgan fingerprint density at radius 3 is 1.25 bits per heavy atom. The van der Waals surface area contributed by atoms with Crippen LogP contribution in [0.4, 0.5) is 0 Å². The zero-order chi connectivity index (χ0) is 2.00. The summed E-state index contributed by atoms with van der Waals surface area (Å²) in [6.07, 6.45) is 0. The van der Waals surface area contributed by atoms with Gasteiger partial charge in [0, 0.05) is 22.4 Å². The molecule has 0 atom stereocenters. The summed E-state index contributed by atoms with van der Waals surface area (Å²) in [6.45, 7) is 0. The molecule has 0 aliphatic heterocycles. The van der Waals surface area contributed by atoms with Crippen LogP contribution in [0.2, 0.25) is 0 Å². The molecule has 0 fully saturated rings. The van der Waals surface area contributed by atoms with Crippen LogP contribution in [0.15, 0.2) is 0 Å². The molecule has 0 spiro atoms. The summed E-state index contributed by atoms with van der Waals surface area (Å²) >= 11 is 3.39. The van der Waals surface area contributed by atoms with Gasteiger partial charge in [-0.05, 0) is 0 Å². The predicted molar refractivity (Wildman–Crippen MR) is 5.85 cm³/mol. The van der Waals surface area contributed by atoms with Crippen molar-refractivity contribution in [2.75, 3.05) is 0 Å². The third-order valence-electron chi connectivity index (χ3n) is 0. The molecule has 0 aliphatic rings. The van der Waals surface area contributed by atoms with Crippen LogP contribution in [0.3, 0.4) is 0 Å². The van der Waals surface area contributed by atoms with Crippen LogP contribution >= 0.6 is 11.9 Å². The summed E-state index contributed by atoms with van der Waals surface area (Å²) in [6, 6.07) is 0. The average Bonchev–Trinajstić information content (AvgIpc) is 1.00. The largest absolute Gasteiger partial charge is 1.00 e. The van der Waals surface area contributed by atoms with Crippen LogP contribution in [0.25, 0.3) is 0 Å². The first kappa shape index (κ1) is 16.7. The number of halogens is 1. The van der Waals surface area contributed by atoms with Gasteiger partial charge in [-0.2, -0.15) is 0 Å². The van der Waals surface area contributed by atoms with Crippen LogP contribution in [-0.2, 0) is 22.4 Å². The smallest absolute Gasteiger partial charge is 0.769 e. The summed E-state index contributed by atoms with van der Waals surface area (Å²) in [5.41, 5.74) is 0. The monoisotopic (exact) mass is 181 g/mol. The van der Waals surface area contributed by atoms with Crippen LogP contribution in [0, 0.1) is 0 Å². The van der Waals surface area contributed by atoms with E-state index in [0.717, 1.165) is 0 Å². The second kappa shape index (κ2) is 20.1. The van der Waals surface area contributed by atoms with Gasteiger partial charge in [0.25, 0.3) is 0 Å². The van der Waals surface area contributed by atoms with Gasteiger partial charge in [0.2, 0.25) is 0 Å². The Morgan fingerprint density at radius 2 is 1.25 bits per heavy atom. The van der Waals surface area contributed by atoms with Crippen molar-refractivity contribution in [3.8, 4) is 0 Å². The molecule has 25 valence electrons. The molecule has 0 amide bonds. The summed E-state index contributed by atoms with van der Waals surface area (Å²) in [5, 5.41) is 0. The summed E-state index contributed by atoms with van der Waals surface area (Å²) in [7, 11) is 0. The Kier molecular flexibility index (Phi) is 83.7. The van der Waals surface area contributed by atoms with E-state index in [2.05, 4.69) is 11.9 Å². The summed E-state index contributed by atoms with van der Waals surface area (Å²) in [5.74, 6) is 0. The molecular weight excluding hydrogens is 182 g/mol. The first-order valence-corrected chi connectivity index (χ1v) is 0.463. The fourth-order valence-corrected chi connectivity index (χ4v) is 0. The van der Waals surface area contributed by atoms with Crippen LogP contribution in [-0.4, -0.2) is 0 Å². The fourth-order valence-electron chi connectivity index (χ4n) is 0. The first-order valence-electron chi connectivity index (χ1n) is 0.154. The first-order chi connectivity index (χ1) is 1.00. The van der Waals surface area contributed by atoms with E-state index < -0.39 is 0 Å². The molecule has 4 heavy (non-hydrogen) atoms. The molecule has 0 saturated heterocycles. The molecule has 0 aliphatic carbocycles. The van der Waals surface area contributed by atoms with Crippen molar-refractivity contribution in [2.45, 2.75) is 0 Å². The van der Waals surface area contributed by atoms with Crippen LogP contribution < -0.4 is 34.2 Å². The minimum Gasteiger partial charge on any atom is -0.769 e. The maximum Gasteiger partial charge on any atom is 1.00 e. The van der Waals surface area contributed by atoms with E-state index in [-0.39, 0.29) is 51.9 Å². The van der Waals surface area contributed by atoms with E-state index in [9.17, 15) is 0 Å². The normalized spacial score (nSPS) is 1.50. The molecule has 0 aromatic carbocycles. The van der Waals surface area contributed by atoms with Crippen molar-refractivity contribution in [2.24, 2.45) is 0 Å². The molecule has 0 unspecified atom stereocenters. The maximum absolute atomic E-state index is 7.72. The van der Waals surface area contributed by atoms with Crippen molar-refractivity contribution < 1.29 is 56.6 Å². The van der Waals surface area contributed by atoms with Crippen molar-refractivity contribution in [1.82, 2.24) is 0 Å². The summed E-state index contributed by atoms with van der Waals surface area (Å²) in [4.78, 5) is 0. The van der Waals surface area contributed by atoms with Gasteiger partial charge in [-0.15, -0.1) is 0 Å².